The van der Waals surface area contributed by atoms with E-state index in [4.69, 9.17) is 0 Å². The molecular weight excluding hydrogens is 350 g/mol. The Balaban J connectivity index is 1.42. The van der Waals surface area contributed by atoms with Crippen molar-refractivity contribution in [2.75, 3.05) is 6.54 Å². The van der Waals surface area contributed by atoms with Crippen LogP contribution >= 0.6 is 0 Å². The molecule has 0 unspecified atom stereocenters. The van der Waals surface area contributed by atoms with Gasteiger partial charge in [-0.15, -0.1) is 0 Å². The lowest BCUT2D eigenvalue weighted by Gasteiger charge is -2.35. The van der Waals surface area contributed by atoms with Gasteiger partial charge in [0.05, 0.1) is 18.1 Å². The minimum Gasteiger partial charge on any atom is -0.348 e. The highest BCUT2D eigenvalue weighted by Gasteiger charge is 2.31. The summed E-state index contributed by atoms with van der Waals surface area (Å²) in [5.74, 6) is 0.642. The Morgan fingerprint density at radius 3 is 2.61 bits per heavy atom. The molecule has 4 aromatic rings. The second kappa shape index (κ2) is 7.28. The summed E-state index contributed by atoms with van der Waals surface area (Å²) in [4.78, 5) is 27.8. The summed E-state index contributed by atoms with van der Waals surface area (Å²) in [5.41, 5.74) is 5.33. The van der Waals surface area contributed by atoms with E-state index in [1.807, 2.05) is 43.0 Å². The van der Waals surface area contributed by atoms with Gasteiger partial charge in [0.25, 0.3) is 0 Å². The first-order valence-corrected chi connectivity index (χ1v) is 9.27. The van der Waals surface area contributed by atoms with E-state index < -0.39 is 0 Å². The minimum atomic E-state index is 0.0912. The summed E-state index contributed by atoms with van der Waals surface area (Å²) in [7, 11) is 0. The van der Waals surface area contributed by atoms with Gasteiger partial charge < -0.3 is 4.98 Å². The minimum absolute atomic E-state index is 0.0912. The third-order valence-electron chi connectivity index (χ3n) is 5.03. The van der Waals surface area contributed by atoms with Crippen LogP contribution < -0.4 is 0 Å². The van der Waals surface area contributed by atoms with Crippen LogP contribution in [-0.2, 0) is 13.0 Å². The van der Waals surface area contributed by atoms with Crippen molar-refractivity contribution in [3.05, 3.63) is 90.2 Å². The van der Waals surface area contributed by atoms with E-state index >= 15 is 0 Å². The molecule has 7 nitrogen and oxygen atoms in total. The predicted octanol–water partition coefficient (Wildman–Crippen LogP) is 2.80. The largest absolute Gasteiger partial charge is 0.348 e. The topological polar surface area (TPSA) is 83.5 Å². The standard InChI is InChI=1S/C21H19N7/c1-2-7-23-18(3-1)21-24-11-15(12-25-21)13-28-10-6-17-19(27-14-26-17)20(28)16-4-8-22-9-5-16/h1-5,7-9,11-12,14,20H,6,10,13H2,(H,26,27)/t20-/m1/s1. The molecule has 5 heterocycles. The Kier molecular flexibility index (Phi) is 4.34. The molecule has 1 N–H and O–H groups in total. The van der Waals surface area contributed by atoms with Gasteiger partial charge in [0.2, 0.25) is 0 Å². The fourth-order valence-corrected chi connectivity index (χ4v) is 3.71. The lowest BCUT2D eigenvalue weighted by atomic mass is 9.96. The van der Waals surface area contributed by atoms with Crippen LogP contribution in [0.3, 0.4) is 0 Å². The maximum Gasteiger partial charge on any atom is 0.178 e. The van der Waals surface area contributed by atoms with Gasteiger partial charge in [0.15, 0.2) is 5.82 Å². The second-order valence-corrected chi connectivity index (χ2v) is 6.80. The molecule has 5 rings (SSSR count). The zero-order valence-corrected chi connectivity index (χ0v) is 15.2. The number of nitrogens with zero attached hydrogens (tertiary/aromatic N) is 6. The first kappa shape index (κ1) is 16.7. The molecule has 4 aromatic heterocycles. The quantitative estimate of drug-likeness (QED) is 0.596. The molecule has 1 aliphatic rings. The number of fused-ring (bicyclic) bond motifs is 1. The van der Waals surface area contributed by atoms with Gasteiger partial charge in [0.1, 0.15) is 5.69 Å². The fraction of sp³-hybridized carbons (Fsp3) is 0.190. The van der Waals surface area contributed by atoms with Crippen molar-refractivity contribution in [2.45, 2.75) is 19.0 Å². The summed E-state index contributed by atoms with van der Waals surface area (Å²) in [6.45, 7) is 1.69. The van der Waals surface area contributed by atoms with Crippen molar-refractivity contribution < 1.29 is 0 Å². The van der Waals surface area contributed by atoms with Crippen molar-refractivity contribution in [3.63, 3.8) is 0 Å². The van der Waals surface area contributed by atoms with Crippen molar-refractivity contribution in [2.24, 2.45) is 0 Å². The fourth-order valence-electron chi connectivity index (χ4n) is 3.71. The van der Waals surface area contributed by atoms with Gasteiger partial charge in [-0.05, 0) is 29.8 Å². The number of imidazole rings is 1. The van der Waals surface area contributed by atoms with Crippen LogP contribution in [0, 0.1) is 0 Å². The van der Waals surface area contributed by atoms with Gasteiger partial charge in [-0.2, -0.15) is 0 Å². The summed E-state index contributed by atoms with van der Waals surface area (Å²) in [5, 5.41) is 0. The number of aromatic amines is 1. The highest BCUT2D eigenvalue weighted by molar-refractivity contribution is 5.47. The lowest BCUT2D eigenvalue weighted by molar-refractivity contribution is 0.200. The van der Waals surface area contributed by atoms with Gasteiger partial charge in [-0.1, -0.05) is 6.07 Å². The molecule has 138 valence electrons. The Morgan fingerprint density at radius 2 is 1.82 bits per heavy atom. The van der Waals surface area contributed by atoms with Crippen LogP contribution in [-0.4, -0.2) is 41.3 Å². The number of pyridine rings is 2. The molecule has 7 heteroatoms. The molecule has 1 atom stereocenters. The first-order chi connectivity index (χ1) is 13.9. The van der Waals surface area contributed by atoms with E-state index in [9.17, 15) is 0 Å². The molecule has 0 aromatic carbocycles. The van der Waals surface area contributed by atoms with Gasteiger partial charge in [-0.3, -0.25) is 14.9 Å². The summed E-state index contributed by atoms with van der Waals surface area (Å²) in [6, 6.07) is 9.95. The van der Waals surface area contributed by atoms with Crippen molar-refractivity contribution in [3.8, 4) is 11.5 Å². The average molecular weight is 369 g/mol. The van der Waals surface area contributed by atoms with Crippen molar-refractivity contribution in [1.29, 1.82) is 0 Å². The Bertz CT molecular complexity index is 1050. The molecule has 0 saturated heterocycles. The Hall–Kier alpha value is -3.45. The van der Waals surface area contributed by atoms with Crippen LogP contribution in [0.5, 0.6) is 0 Å². The molecule has 0 saturated carbocycles. The first-order valence-electron chi connectivity index (χ1n) is 9.27. The van der Waals surface area contributed by atoms with Crippen LogP contribution in [0.25, 0.3) is 11.5 Å². The van der Waals surface area contributed by atoms with E-state index in [0.29, 0.717) is 5.82 Å². The molecule has 28 heavy (non-hydrogen) atoms. The zero-order valence-electron chi connectivity index (χ0n) is 15.2. The second-order valence-electron chi connectivity index (χ2n) is 6.80. The maximum atomic E-state index is 4.60. The summed E-state index contributed by atoms with van der Waals surface area (Å²) in [6.07, 6.45) is 11.9. The normalized spacial score (nSPS) is 16.6. The van der Waals surface area contributed by atoms with Gasteiger partial charge >= 0.3 is 0 Å². The predicted molar refractivity (Wildman–Crippen MR) is 104 cm³/mol. The van der Waals surface area contributed by atoms with E-state index in [2.05, 4.69) is 46.9 Å². The number of hydrogen-bond donors (Lipinski definition) is 1. The molecule has 0 aliphatic carbocycles. The van der Waals surface area contributed by atoms with Gasteiger partial charge in [0, 0.05) is 61.8 Å². The van der Waals surface area contributed by atoms with E-state index in [1.54, 1.807) is 12.5 Å². The highest BCUT2D eigenvalue weighted by atomic mass is 15.2. The average Bonchev–Trinajstić information content (AvgIpc) is 3.24. The van der Waals surface area contributed by atoms with Crippen LogP contribution in [0.15, 0.2) is 67.6 Å². The third kappa shape index (κ3) is 3.16. The zero-order chi connectivity index (χ0) is 18.8. The molecular formula is C21H19N7. The number of H-pyrrole nitrogens is 1. The smallest absolute Gasteiger partial charge is 0.178 e. The Morgan fingerprint density at radius 1 is 0.964 bits per heavy atom. The van der Waals surface area contributed by atoms with Crippen LogP contribution in [0.1, 0.15) is 28.6 Å². The van der Waals surface area contributed by atoms with E-state index in [-0.39, 0.29) is 6.04 Å². The molecule has 0 radical (unpaired) electrons. The molecule has 0 amide bonds. The highest BCUT2D eigenvalue weighted by Crippen LogP contribution is 2.33. The van der Waals surface area contributed by atoms with Crippen molar-refractivity contribution >= 4 is 0 Å². The summed E-state index contributed by atoms with van der Waals surface area (Å²) >= 11 is 0. The molecule has 0 spiro atoms. The van der Waals surface area contributed by atoms with E-state index in [1.165, 1.54) is 11.3 Å². The number of aromatic nitrogens is 6. The van der Waals surface area contributed by atoms with E-state index in [0.717, 1.165) is 36.5 Å². The number of rotatable bonds is 4. The Labute approximate surface area is 162 Å². The monoisotopic (exact) mass is 369 g/mol. The lowest BCUT2D eigenvalue weighted by Crippen LogP contribution is -2.35. The van der Waals surface area contributed by atoms with Crippen LogP contribution in [0.2, 0.25) is 0 Å². The summed E-state index contributed by atoms with van der Waals surface area (Å²) < 4.78 is 0. The number of hydrogen-bond acceptors (Lipinski definition) is 6. The van der Waals surface area contributed by atoms with Crippen molar-refractivity contribution in [1.82, 2.24) is 34.8 Å². The van der Waals surface area contributed by atoms with Crippen LogP contribution in [0.4, 0.5) is 0 Å². The SMILES string of the molecule is c1ccc(-c2ncc(CN3CCc4[nH]cnc4[C@H]3c3ccncc3)cn2)nc1. The van der Waals surface area contributed by atoms with Gasteiger partial charge in [-0.25, -0.2) is 15.0 Å². The molecule has 1 aliphatic heterocycles. The molecule has 0 fully saturated rings. The number of nitrogens with one attached hydrogen (secondary N) is 1. The third-order valence-corrected chi connectivity index (χ3v) is 5.03. The maximum absolute atomic E-state index is 4.60. The molecule has 0 bridgehead atoms.